The van der Waals surface area contributed by atoms with Gasteiger partial charge >= 0.3 is 12.1 Å². The Morgan fingerprint density at radius 1 is 0.854 bits per heavy atom. The van der Waals surface area contributed by atoms with E-state index in [1.807, 2.05) is 54.6 Å². The summed E-state index contributed by atoms with van der Waals surface area (Å²) in [5.74, 6) is -1.76. The number of nitrogens with one attached hydrogen (secondary N) is 1. The first-order valence-electron chi connectivity index (χ1n) is 12.5. The molecule has 4 aromatic carbocycles. The van der Waals surface area contributed by atoms with Crippen molar-refractivity contribution >= 4 is 23.8 Å². The Labute approximate surface area is 233 Å². The lowest BCUT2D eigenvalue weighted by Crippen LogP contribution is -2.15. The maximum atomic E-state index is 12.8. The second-order valence-corrected chi connectivity index (χ2v) is 8.80. The summed E-state index contributed by atoms with van der Waals surface area (Å²) < 4.78 is 44.0. The monoisotopic (exact) mass is 562 g/mol. The lowest BCUT2D eigenvalue weighted by Gasteiger charge is -2.12. The number of hydrogen-bond acceptors (Lipinski definition) is 5. The number of anilines is 1. The van der Waals surface area contributed by atoms with Gasteiger partial charge in [0, 0.05) is 18.1 Å². The fraction of sp³-hybridized carbons (Fsp3) is 0.129. The van der Waals surface area contributed by atoms with Gasteiger partial charge in [0.2, 0.25) is 0 Å². The van der Waals surface area contributed by atoms with Crippen LogP contribution in [0.4, 0.5) is 18.9 Å². The van der Waals surface area contributed by atoms with Crippen molar-refractivity contribution in [3.05, 3.63) is 119 Å². The number of rotatable bonds is 11. The molecule has 10 heteroatoms. The van der Waals surface area contributed by atoms with Crippen molar-refractivity contribution in [2.24, 2.45) is 5.16 Å². The van der Waals surface area contributed by atoms with Gasteiger partial charge in [-0.3, -0.25) is 4.79 Å². The predicted molar refractivity (Wildman–Crippen MR) is 148 cm³/mol. The predicted octanol–water partition coefficient (Wildman–Crippen LogP) is 7.14. The number of hydrogen-bond donors (Lipinski definition) is 2. The molecule has 0 atom stereocenters. The zero-order valence-corrected chi connectivity index (χ0v) is 21.6. The molecule has 7 nitrogen and oxygen atoms in total. The van der Waals surface area contributed by atoms with Crippen LogP contribution < -0.4 is 10.1 Å². The van der Waals surface area contributed by atoms with Crippen LogP contribution in [-0.2, 0) is 11.0 Å². The minimum absolute atomic E-state index is 0.0565. The number of aromatic carboxylic acids is 1. The standard InChI is InChI=1S/C31H25F3N2O5/c32-31(33,34)25-13-11-24(12-14-25)29(37)36-28-19-26(15-16-27(28)30(38)39)40-17-4-18-41-35-20-21-7-9-23(10-8-21)22-5-2-1-3-6-22/h1-3,5-16,19-20H,4,17-18H2,(H,36,37)(H,38,39). The fourth-order valence-corrected chi connectivity index (χ4v) is 3.76. The van der Waals surface area contributed by atoms with Crippen LogP contribution in [0.25, 0.3) is 11.1 Å². The highest BCUT2D eigenvalue weighted by Gasteiger charge is 2.30. The van der Waals surface area contributed by atoms with Crippen LogP contribution in [0.5, 0.6) is 5.75 Å². The second-order valence-electron chi connectivity index (χ2n) is 8.80. The van der Waals surface area contributed by atoms with E-state index >= 15 is 0 Å². The van der Waals surface area contributed by atoms with E-state index in [-0.39, 0.29) is 30.0 Å². The Morgan fingerprint density at radius 3 is 2.20 bits per heavy atom. The molecule has 0 aliphatic rings. The lowest BCUT2D eigenvalue weighted by molar-refractivity contribution is -0.137. The molecule has 1 amide bonds. The zero-order chi connectivity index (χ0) is 29.2. The van der Waals surface area contributed by atoms with E-state index in [2.05, 4.69) is 10.5 Å². The summed E-state index contributed by atoms with van der Waals surface area (Å²) in [6, 6.07) is 25.5. The first-order valence-corrected chi connectivity index (χ1v) is 12.5. The Hall–Kier alpha value is -5.12. The molecule has 41 heavy (non-hydrogen) atoms. The highest BCUT2D eigenvalue weighted by molar-refractivity contribution is 6.07. The molecule has 4 rings (SSSR count). The number of nitrogens with zero attached hydrogens (tertiary/aromatic N) is 1. The molecule has 0 bridgehead atoms. The van der Waals surface area contributed by atoms with Crippen LogP contribution in [0, 0.1) is 0 Å². The number of oxime groups is 1. The molecular formula is C31H25F3N2O5. The summed E-state index contributed by atoms with van der Waals surface area (Å²) in [5.41, 5.74) is 1.88. The lowest BCUT2D eigenvalue weighted by atomic mass is 10.0. The van der Waals surface area contributed by atoms with Crippen molar-refractivity contribution in [2.45, 2.75) is 12.6 Å². The third kappa shape index (κ3) is 8.18. The molecular weight excluding hydrogens is 537 g/mol. The van der Waals surface area contributed by atoms with Crippen LogP contribution in [0.15, 0.2) is 102 Å². The number of alkyl halides is 3. The topological polar surface area (TPSA) is 97.2 Å². The van der Waals surface area contributed by atoms with E-state index in [0.29, 0.717) is 12.2 Å². The summed E-state index contributed by atoms with van der Waals surface area (Å²) in [6.07, 6.45) is -2.46. The first-order chi connectivity index (χ1) is 19.7. The summed E-state index contributed by atoms with van der Waals surface area (Å²) in [5, 5.41) is 15.9. The van der Waals surface area contributed by atoms with Gasteiger partial charge in [-0.25, -0.2) is 4.79 Å². The number of benzene rings is 4. The van der Waals surface area contributed by atoms with Crippen LogP contribution in [0.3, 0.4) is 0 Å². The van der Waals surface area contributed by atoms with Crippen molar-refractivity contribution in [1.82, 2.24) is 0 Å². The van der Waals surface area contributed by atoms with Gasteiger partial charge in [0.05, 0.1) is 29.6 Å². The minimum atomic E-state index is -4.54. The van der Waals surface area contributed by atoms with Crippen LogP contribution >= 0.6 is 0 Å². The number of carboxylic acid groups (broad SMARTS) is 1. The van der Waals surface area contributed by atoms with Crippen LogP contribution in [0.1, 0.15) is 38.3 Å². The highest BCUT2D eigenvalue weighted by atomic mass is 19.4. The van der Waals surface area contributed by atoms with Gasteiger partial charge in [-0.15, -0.1) is 0 Å². The maximum absolute atomic E-state index is 12.8. The SMILES string of the molecule is O=C(Nc1cc(OCCCON=Cc2ccc(-c3ccccc3)cc2)ccc1C(=O)O)c1ccc(C(F)(F)F)cc1. The second kappa shape index (κ2) is 13.3. The maximum Gasteiger partial charge on any atom is 0.416 e. The summed E-state index contributed by atoms with van der Waals surface area (Å²) in [4.78, 5) is 29.4. The van der Waals surface area contributed by atoms with Crippen LogP contribution in [-0.4, -0.2) is 36.4 Å². The third-order valence-electron chi connectivity index (χ3n) is 5.89. The Balaban J connectivity index is 1.26. The van der Waals surface area contributed by atoms with E-state index in [9.17, 15) is 27.9 Å². The molecule has 0 radical (unpaired) electrons. The Kier molecular flexibility index (Phi) is 9.36. The molecule has 4 aromatic rings. The molecule has 0 aliphatic carbocycles. The van der Waals surface area contributed by atoms with Crippen LogP contribution in [0.2, 0.25) is 0 Å². The third-order valence-corrected chi connectivity index (χ3v) is 5.89. The van der Waals surface area contributed by atoms with Crippen molar-refractivity contribution in [2.75, 3.05) is 18.5 Å². The highest BCUT2D eigenvalue weighted by Crippen LogP contribution is 2.29. The van der Waals surface area contributed by atoms with Crippen molar-refractivity contribution in [1.29, 1.82) is 0 Å². The van der Waals surface area contributed by atoms with E-state index in [4.69, 9.17) is 9.57 Å². The van der Waals surface area contributed by atoms with Gasteiger partial charge in [0.1, 0.15) is 12.4 Å². The van der Waals surface area contributed by atoms with Gasteiger partial charge in [0.15, 0.2) is 0 Å². The van der Waals surface area contributed by atoms with E-state index in [1.54, 1.807) is 6.21 Å². The molecule has 0 fully saturated rings. The molecule has 0 saturated heterocycles. The molecule has 0 unspecified atom stereocenters. The number of amides is 1. The minimum Gasteiger partial charge on any atom is -0.493 e. The molecule has 210 valence electrons. The molecule has 0 heterocycles. The van der Waals surface area contributed by atoms with Crippen molar-refractivity contribution in [3.8, 4) is 16.9 Å². The summed E-state index contributed by atoms with van der Waals surface area (Å²) >= 11 is 0. The molecule has 0 aliphatic heterocycles. The average molecular weight is 563 g/mol. The van der Waals surface area contributed by atoms with E-state index in [0.717, 1.165) is 41.0 Å². The van der Waals surface area contributed by atoms with E-state index < -0.39 is 23.6 Å². The quantitative estimate of drug-likeness (QED) is 0.115. The number of carbonyl (C=O) groups is 2. The van der Waals surface area contributed by atoms with Gasteiger partial charge in [0.25, 0.3) is 5.91 Å². The molecule has 0 spiro atoms. The van der Waals surface area contributed by atoms with E-state index in [1.165, 1.54) is 18.2 Å². The fourth-order valence-electron chi connectivity index (χ4n) is 3.76. The summed E-state index contributed by atoms with van der Waals surface area (Å²) in [7, 11) is 0. The number of carboxylic acids is 1. The average Bonchev–Trinajstić information content (AvgIpc) is 2.97. The molecule has 2 N–H and O–H groups in total. The normalized spacial score (nSPS) is 11.3. The number of ether oxygens (including phenoxy) is 1. The smallest absolute Gasteiger partial charge is 0.416 e. The number of halogens is 3. The molecule has 0 saturated carbocycles. The largest absolute Gasteiger partial charge is 0.493 e. The number of carbonyl (C=O) groups excluding carboxylic acids is 1. The summed E-state index contributed by atoms with van der Waals surface area (Å²) in [6.45, 7) is 0.489. The van der Waals surface area contributed by atoms with Crippen molar-refractivity contribution in [3.63, 3.8) is 0 Å². The Morgan fingerprint density at radius 2 is 1.54 bits per heavy atom. The van der Waals surface area contributed by atoms with Gasteiger partial charge in [-0.1, -0.05) is 59.8 Å². The first kappa shape index (κ1) is 28.9. The molecule has 0 aromatic heterocycles. The van der Waals surface area contributed by atoms with Gasteiger partial charge in [-0.2, -0.15) is 13.2 Å². The Bertz CT molecular complexity index is 1500. The zero-order valence-electron chi connectivity index (χ0n) is 21.6. The van der Waals surface area contributed by atoms with Crippen molar-refractivity contribution < 1.29 is 37.4 Å². The van der Waals surface area contributed by atoms with Gasteiger partial charge < -0.3 is 20.0 Å². The van der Waals surface area contributed by atoms with Gasteiger partial charge in [-0.05, 0) is 53.1 Å².